The van der Waals surface area contributed by atoms with E-state index < -0.39 is 23.6 Å². The van der Waals surface area contributed by atoms with Crippen LogP contribution in [-0.2, 0) is 27.3 Å². The van der Waals surface area contributed by atoms with Crippen LogP contribution in [0, 0.1) is 5.41 Å². The molecular weight excluding hydrogens is 512 g/mol. The van der Waals surface area contributed by atoms with Crippen molar-refractivity contribution in [3.8, 4) is 0 Å². The fraction of sp³-hybridized carbons (Fsp3) is 0.433. The van der Waals surface area contributed by atoms with Gasteiger partial charge in [0.05, 0.1) is 18.4 Å². The first-order chi connectivity index (χ1) is 18.5. The van der Waals surface area contributed by atoms with E-state index in [1.807, 2.05) is 75.4 Å². The first kappa shape index (κ1) is 28.7. The van der Waals surface area contributed by atoms with Crippen LogP contribution >= 0.6 is 11.8 Å². The van der Waals surface area contributed by atoms with Crippen molar-refractivity contribution in [3.63, 3.8) is 0 Å². The van der Waals surface area contributed by atoms with Crippen LogP contribution in [0.2, 0.25) is 0 Å². The summed E-state index contributed by atoms with van der Waals surface area (Å²) in [7, 11) is 0. The second kappa shape index (κ2) is 12.3. The summed E-state index contributed by atoms with van der Waals surface area (Å²) in [6, 6.07) is 15.7. The number of aliphatic hydroxyl groups excluding tert-OH is 1. The number of allylic oxidation sites excluding steroid dienone is 1. The van der Waals surface area contributed by atoms with Gasteiger partial charge in [0.1, 0.15) is 12.1 Å². The number of hydrogen-bond donors (Lipinski definition) is 4. The Balaban J connectivity index is 1.40. The van der Waals surface area contributed by atoms with E-state index >= 15 is 0 Å². The van der Waals surface area contributed by atoms with E-state index in [1.54, 1.807) is 11.8 Å². The topological polar surface area (TPSA) is 111 Å². The lowest BCUT2D eigenvalue weighted by Gasteiger charge is -2.35. The lowest BCUT2D eigenvalue weighted by Crippen LogP contribution is -2.58. The van der Waals surface area contributed by atoms with Crippen molar-refractivity contribution in [2.45, 2.75) is 65.3 Å². The number of β-amino-alcohol motifs (C(OH)–C–C–N with tert-alkyl or cyclic N) is 1. The Bertz CT molecular complexity index is 1220. The molecule has 2 aromatic carbocycles. The fourth-order valence-corrected chi connectivity index (χ4v) is 5.92. The molecule has 3 atom stereocenters. The summed E-state index contributed by atoms with van der Waals surface area (Å²) < 4.78 is 0. The van der Waals surface area contributed by atoms with Crippen molar-refractivity contribution in [1.29, 1.82) is 0 Å². The van der Waals surface area contributed by atoms with Gasteiger partial charge in [-0.1, -0.05) is 75.4 Å². The first-order valence-corrected chi connectivity index (χ1v) is 14.3. The number of likely N-dealkylation sites (tertiary alicyclic amines) is 1. The number of amides is 3. The smallest absolute Gasteiger partial charge is 0.246 e. The van der Waals surface area contributed by atoms with E-state index in [1.165, 1.54) is 9.81 Å². The van der Waals surface area contributed by atoms with Crippen molar-refractivity contribution in [2.75, 3.05) is 12.4 Å². The normalized spacial score (nSPS) is 20.0. The molecule has 0 aliphatic carbocycles. The Morgan fingerprint density at radius 2 is 1.77 bits per heavy atom. The lowest BCUT2D eigenvalue weighted by atomic mass is 9.85. The summed E-state index contributed by atoms with van der Waals surface area (Å²) in [5.74, 6) is -0.0807. The standard InChI is InChI=1S/C30H38N4O4S/c1-19-26(39-18-32-19)22-12-10-21(11-13-22)16-31-28(37)24-15-23(35)17-34(24)29(38)27(30(2,3)4)33-25(36)14-20-8-6-5-7-9-20/h5-13,23-24,27,32,35H,14-18H2,1-4H3,(H,31,37)(H,33,36)/t23-,24+,27-/m1/s1. The highest BCUT2D eigenvalue weighted by molar-refractivity contribution is 8.08. The molecule has 1 saturated heterocycles. The van der Waals surface area contributed by atoms with Gasteiger partial charge in [-0.05, 0) is 29.0 Å². The molecule has 4 N–H and O–H groups in total. The van der Waals surface area contributed by atoms with Gasteiger partial charge in [-0.25, -0.2) is 0 Å². The lowest BCUT2D eigenvalue weighted by molar-refractivity contribution is -0.144. The van der Waals surface area contributed by atoms with Crippen molar-refractivity contribution in [3.05, 3.63) is 77.0 Å². The van der Waals surface area contributed by atoms with Crippen LogP contribution in [0.3, 0.4) is 0 Å². The SMILES string of the molecule is CC1=C(c2ccc(CNC(=O)[C@@H]3C[C@@H](O)CN3C(=O)[C@@H](NC(=O)Cc3ccccc3)C(C)(C)C)cc2)SCN1. The molecule has 2 aliphatic rings. The second-order valence-corrected chi connectivity index (χ2v) is 12.2. The third-order valence-electron chi connectivity index (χ3n) is 7.07. The van der Waals surface area contributed by atoms with Crippen LogP contribution in [0.15, 0.2) is 60.3 Å². The maximum atomic E-state index is 13.7. The summed E-state index contributed by atoms with van der Waals surface area (Å²) in [6.07, 6.45) is -0.500. The minimum absolute atomic E-state index is 0.0485. The Hall–Kier alpha value is -3.30. The minimum atomic E-state index is -0.845. The molecule has 0 unspecified atom stereocenters. The average molecular weight is 551 g/mol. The quantitative estimate of drug-likeness (QED) is 0.402. The molecule has 0 radical (unpaired) electrons. The number of rotatable bonds is 8. The number of hydrogen-bond acceptors (Lipinski definition) is 6. The number of carbonyl (C=O) groups is 3. The second-order valence-electron chi connectivity index (χ2n) is 11.3. The van der Waals surface area contributed by atoms with E-state index in [0.29, 0.717) is 6.54 Å². The van der Waals surface area contributed by atoms with E-state index in [0.717, 1.165) is 28.3 Å². The highest BCUT2D eigenvalue weighted by Gasteiger charge is 2.44. The molecule has 0 saturated carbocycles. The van der Waals surface area contributed by atoms with Gasteiger partial charge in [-0.2, -0.15) is 0 Å². The number of carbonyl (C=O) groups excluding carboxylic acids is 3. The van der Waals surface area contributed by atoms with Crippen LogP contribution in [0.4, 0.5) is 0 Å². The molecule has 208 valence electrons. The third kappa shape index (κ3) is 7.22. The Morgan fingerprint density at radius 3 is 2.38 bits per heavy atom. The number of nitrogens with one attached hydrogen (secondary N) is 3. The minimum Gasteiger partial charge on any atom is -0.391 e. The van der Waals surface area contributed by atoms with E-state index in [2.05, 4.69) is 22.9 Å². The van der Waals surface area contributed by atoms with E-state index in [4.69, 9.17) is 0 Å². The predicted molar refractivity (Wildman–Crippen MR) is 154 cm³/mol. The zero-order valence-corrected chi connectivity index (χ0v) is 23.8. The van der Waals surface area contributed by atoms with Gasteiger partial charge in [0.25, 0.3) is 0 Å². The van der Waals surface area contributed by atoms with E-state index in [9.17, 15) is 19.5 Å². The predicted octanol–water partition coefficient (Wildman–Crippen LogP) is 3.02. The van der Waals surface area contributed by atoms with E-state index in [-0.39, 0.29) is 37.1 Å². The Kier molecular flexibility index (Phi) is 9.02. The highest BCUT2D eigenvalue weighted by atomic mass is 32.2. The maximum absolute atomic E-state index is 13.7. The van der Waals surface area contributed by atoms with Crippen molar-refractivity contribution < 1.29 is 19.5 Å². The van der Waals surface area contributed by atoms with Gasteiger partial charge in [0, 0.05) is 30.1 Å². The molecule has 3 amide bonds. The summed E-state index contributed by atoms with van der Waals surface area (Å²) in [5, 5.41) is 19.5. The van der Waals surface area contributed by atoms with Crippen LogP contribution in [-0.4, -0.2) is 58.3 Å². The number of benzene rings is 2. The third-order valence-corrected chi connectivity index (χ3v) is 8.19. The van der Waals surface area contributed by atoms with Crippen LogP contribution in [0.5, 0.6) is 0 Å². The average Bonchev–Trinajstić information content (AvgIpc) is 3.51. The Labute approximate surface area is 234 Å². The monoisotopic (exact) mass is 550 g/mol. The van der Waals surface area contributed by atoms with Gasteiger partial charge < -0.3 is 26.0 Å². The summed E-state index contributed by atoms with van der Waals surface area (Å²) in [4.78, 5) is 42.4. The Morgan fingerprint density at radius 1 is 1.08 bits per heavy atom. The molecule has 4 rings (SSSR count). The van der Waals surface area contributed by atoms with Crippen molar-refractivity contribution >= 4 is 34.4 Å². The molecule has 0 aromatic heterocycles. The molecule has 8 nitrogen and oxygen atoms in total. The molecule has 2 aliphatic heterocycles. The molecule has 2 aromatic rings. The maximum Gasteiger partial charge on any atom is 0.246 e. The van der Waals surface area contributed by atoms with Crippen LogP contribution < -0.4 is 16.0 Å². The summed E-state index contributed by atoms with van der Waals surface area (Å²) in [5.41, 5.74) is 3.49. The zero-order valence-electron chi connectivity index (χ0n) is 23.0. The molecule has 0 spiro atoms. The van der Waals surface area contributed by atoms with Crippen molar-refractivity contribution in [2.24, 2.45) is 5.41 Å². The largest absolute Gasteiger partial charge is 0.391 e. The highest BCUT2D eigenvalue weighted by Crippen LogP contribution is 2.33. The first-order valence-electron chi connectivity index (χ1n) is 13.3. The van der Waals surface area contributed by atoms with Gasteiger partial charge in [0.15, 0.2) is 0 Å². The molecule has 2 heterocycles. The molecule has 0 bridgehead atoms. The van der Waals surface area contributed by atoms with Gasteiger partial charge in [-0.3, -0.25) is 14.4 Å². The summed E-state index contributed by atoms with van der Waals surface area (Å²) >= 11 is 1.77. The molecule has 1 fully saturated rings. The van der Waals surface area contributed by atoms with Gasteiger partial charge in [0.2, 0.25) is 17.7 Å². The fourth-order valence-electron chi connectivity index (χ4n) is 4.90. The van der Waals surface area contributed by atoms with Crippen LogP contribution in [0.25, 0.3) is 4.91 Å². The number of nitrogens with zero attached hydrogens (tertiary/aromatic N) is 1. The summed E-state index contributed by atoms with van der Waals surface area (Å²) in [6.45, 7) is 8.05. The number of aliphatic hydroxyl groups is 1. The molecule has 39 heavy (non-hydrogen) atoms. The van der Waals surface area contributed by atoms with Crippen molar-refractivity contribution in [1.82, 2.24) is 20.9 Å². The van der Waals surface area contributed by atoms with Gasteiger partial charge >= 0.3 is 0 Å². The zero-order chi connectivity index (χ0) is 28.2. The molecule has 9 heteroatoms. The number of thioether (sulfide) groups is 1. The van der Waals surface area contributed by atoms with Gasteiger partial charge in [-0.15, -0.1) is 11.8 Å². The van der Waals surface area contributed by atoms with Crippen LogP contribution in [0.1, 0.15) is 50.8 Å². The molecular formula is C30H38N4O4S.